The first kappa shape index (κ1) is 13.1. The number of nitrogens with one attached hydrogen (secondary N) is 1. The van der Waals surface area contributed by atoms with E-state index in [9.17, 15) is 0 Å². The van der Waals surface area contributed by atoms with Crippen molar-refractivity contribution < 1.29 is 0 Å². The zero-order valence-corrected chi connectivity index (χ0v) is 12.4. The van der Waals surface area contributed by atoms with Gasteiger partial charge < -0.3 is 5.32 Å². The van der Waals surface area contributed by atoms with Crippen molar-refractivity contribution >= 4 is 21.6 Å². The molecule has 0 aliphatic heterocycles. The average Bonchev–Trinajstić information content (AvgIpc) is 2.78. The lowest BCUT2D eigenvalue weighted by atomic mass is 10.2. The van der Waals surface area contributed by atoms with E-state index in [-0.39, 0.29) is 0 Å². The van der Waals surface area contributed by atoms with Gasteiger partial charge in [-0.3, -0.25) is 4.68 Å². The van der Waals surface area contributed by atoms with Crippen LogP contribution < -0.4 is 5.32 Å². The Morgan fingerprint density at radius 3 is 2.94 bits per heavy atom. The minimum Gasteiger partial charge on any atom is -0.378 e. The van der Waals surface area contributed by atoms with Gasteiger partial charge in [-0.25, -0.2) is 0 Å². The number of benzene rings is 1. The number of aryl methyl sites for hydroxylation is 2. The minimum atomic E-state index is 0.794. The number of halogens is 1. The summed E-state index contributed by atoms with van der Waals surface area (Å²) in [5.41, 5.74) is 3.59. The topological polar surface area (TPSA) is 29.9 Å². The number of nitrogens with zero attached hydrogens (tertiary/aromatic N) is 2. The van der Waals surface area contributed by atoms with Gasteiger partial charge >= 0.3 is 0 Å². The van der Waals surface area contributed by atoms with Gasteiger partial charge in [0, 0.05) is 22.9 Å². The third-order valence-electron chi connectivity index (χ3n) is 2.82. The maximum absolute atomic E-state index is 4.32. The zero-order chi connectivity index (χ0) is 13.0. The van der Waals surface area contributed by atoms with E-state index in [1.165, 1.54) is 11.3 Å². The van der Waals surface area contributed by atoms with Crippen LogP contribution in [-0.4, -0.2) is 9.78 Å². The van der Waals surface area contributed by atoms with Gasteiger partial charge in [0.2, 0.25) is 0 Å². The largest absolute Gasteiger partial charge is 0.378 e. The van der Waals surface area contributed by atoms with Gasteiger partial charge in [0.1, 0.15) is 0 Å². The molecule has 96 valence electrons. The van der Waals surface area contributed by atoms with E-state index < -0.39 is 0 Å². The Morgan fingerprint density at radius 1 is 1.33 bits per heavy atom. The van der Waals surface area contributed by atoms with Crippen LogP contribution in [0.5, 0.6) is 0 Å². The van der Waals surface area contributed by atoms with Gasteiger partial charge in [-0.05, 0) is 53.0 Å². The van der Waals surface area contributed by atoms with E-state index in [4.69, 9.17) is 0 Å². The van der Waals surface area contributed by atoms with E-state index in [1.807, 2.05) is 6.20 Å². The van der Waals surface area contributed by atoms with Crippen molar-refractivity contribution in [2.75, 3.05) is 5.32 Å². The quantitative estimate of drug-likeness (QED) is 0.905. The van der Waals surface area contributed by atoms with Crippen LogP contribution in [0.1, 0.15) is 24.6 Å². The lowest BCUT2D eigenvalue weighted by molar-refractivity contribution is 0.578. The Bertz CT molecular complexity index is 520. The van der Waals surface area contributed by atoms with Crippen molar-refractivity contribution in [1.29, 1.82) is 0 Å². The number of hydrogen-bond donors (Lipinski definition) is 1. The summed E-state index contributed by atoms with van der Waals surface area (Å²) in [6, 6.07) is 8.37. The van der Waals surface area contributed by atoms with Gasteiger partial charge in [-0.2, -0.15) is 5.10 Å². The Morgan fingerprint density at radius 2 is 2.17 bits per heavy atom. The van der Waals surface area contributed by atoms with Gasteiger partial charge in [-0.15, -0.1) is 0 Å². The second-order valence-electron chi connectivity index (χ2n) is 4.38. The predicted octanol–water partition coefficient (Wildman–Crippen LogP) is 3.98. The van der Waals surface area contributed by atoms with Crippen LogP contribution in [0.15, 0.2) is 34.9 Å². The van der Waals surface area contributed by atoms with Crippen LogP contribution in [0.4, 0.5) is 5.69 Å². The van der Waals surface area contributed by atoms with Crippen LogP contribution in [0.3, 0.4) is 0 Å². The third kappa shape index (κ3) is 3.13. The Hall–Kier alpha value is -1.29. The van der Waals surface area contributed by atoms with Gasteiger partial charge in [0.15, 0.2) is 0 Å². The Labute approximate surface area is 116 Å². The molecule has 18 heavy (non-hydrogen) atoms. The summed E-state index contributed by atoms with van der Waals surface area (Å²) in [7, 11) is 0. The third-order valence-corrected chi connectivity index (χ3v) is 3.51. The van der Waals surface area contributed by atoms with E-state index in [2.05, 4.69) is 69.1 Å². The normalized spacial score (nSPS) is 10.6. The smallest absolute Gasteiger partial charge is 0.0575 e. The summed E-state index contributed by atoms with van der Waals surface area (Å²) < 4.78 is 3.14. The monoisotopic (exact) mass is 307 g/mol. The summed E-state index contributed by atoms with van der Waals surface area (Å²) in [5, 5.41) is 7.77. The highest BCUT2D eigenvalue weighted by molar-refractivity contribution is 9.10. The molecule has 0 amide bonds. The molecule has 1 heterocycles. The maximum atomic E-state index is 4.32. The Kier molecular flexibility index (Phi) is 4.42. The molecule has 4 heteroatoms. The van der Waals surface area contributed by atoms with Crippen molar-refractivity contribution in [1.82, 2.24) is 9.78 Å². The summed E-state index contributed by atoms with van der Waals surface area (Å²) in [6.07, 6.45) is 2.96. The highest BCUT2D eigenvalue weighted by atomic mass is 79.9. The summed E-state index contributed by atoms with van der Waals surface area (Å²) >= 11 is 3.56. The lowest BCUT2D eigenvalue weighted by Gasteiger charge is -2.11. The van der Waals surface area contributed by atoms with E-state index in [0.29, 0.717) is 0 Å². The molecule has 1 aromatic heterocycles. The highest BCUT2D eigenvalue weighted by Crippen LogP contribution is 2.23. The molecule has 3 nitrogen and oxygen atoms in total. The standard InChI is InChI=1S/C14H18BrN3/c1-3-8-18-12(6-7-17-18)10-16-14-9-11(2)4-5-13(14)15/h4-7,9,16H,3,8,10H2,1-2H3. The van der Waals surface area contributed by atoms with Gasteiger partial charge in [0.05, 0.1) is 12.2 Å². The Balaban J connectivity index is 2.06. The molecule has 0 saturated heterocycles. The molecular formula is C14H18BrN3. The molecule has 1 N–H and O–H groups in total. The second kappa shape index (κ2) is 6.05. The lowest BCUT2D eigenvalue weighted by Crippen LogP contribution is -2.09. The summed E-state index contributed by atoms with van der Waals surface area (Å²) in [5.74, 6) is 0. The molecule has 0 aliphatic carbocycles. The van der Waals surface area contributed by atoms with E-state index in [1.54, 1.807) is 0 Å². The molecule has 0 atom stereocenters. The van der Waals surface area contributed by atoms with Crippen molar-refractivity contribution in [2.24, 2.45) is 0 Å². The molecule has 0 radical (unpaired) electrons. The first-order chi connectivity index (χ1) is 8.70. The van der Waals surface area contributed by atoms with Crippen molar-refractivity contribution in [2.45, 2.75) is 33.4 Å². The van der Waals surface area contributed by atoms with Crippen molar-refractivity contribution in [3.63, 3.8) is 0 Å². The second-order valence-corrected chi connectivity index (χ2v) is 5.24. The number of rotatable bonds is 5. The predicted molar refractivity (Wildman–Crippen MR) is 78.7 cm³/mol. The van der Waals surface area contributed by atoms with E-state index >= 15 is 0 Å². The molecule has 2 rings (SSSR count). The van der Waals surface area contributed by atoms with Crippen LogP contribution >= 0.6 is 15.9 Å². The molecule has 0 unspecified atom stereocenters. The molecule has 2 aromatic rings. The van der Waals surface area contributed by atoms with E-state index in [0.717, 1.165) is 29.7 Å². The fourth-order valence-electron chi connectivity index (χ4n) is 1.88. The fraction of sp³-hybridized carbons (Fsp3) is 0.357. The number of hydrogen-bond acceptors (Lipinski definition) is 2. The van der Waals surface area contributed by atoms with Crippen molar-refractivity contribution in [3.05, 3.63) is 46.2 Å². The van der Waals surface area contributed by atoms with Crippen LogP contribution in [0.25, 0.3) is 0 Å². The molecule has 0 bridgehead atoms. The fourth-order valence-corrected chi connectivity index (χ4v) is 2.27. The molecular weight excluding hydrogens is 290 g/mol. The average molecular weight is 308 g/mol. The number of anilines is 1. The molecule has 1 aromatic carbocycles. The molecule has 0 spiro atoms. The number of aromatic nitrogens is 2. The summed E-state index contributed by atoms with van der Waals surface area (Å²) in [6.45, 7) is 6.02. The maximum Gasteiger partial charge on any atom is 0.0575 e. The van der Waals surface area contributed by atoms with Gasteiger partial charge in [0.25, 0.3) is 0 Å². The molecule has 0 aliphatic rings. The van der Waals surface area contributed by atoms with Crippen LogP contribution in [0.2, 0.25) is 0 Å². The highest BCUT2D eigenvalue weighted by Gasteiger charge is 2.03. The van der Waals surface area contributed by atoms with Gasteiger partial charge in [-0.1, -0.05) is 13.0 Å². The van der Waals surface area contributed by atoms with Crippen LogP contribution in [-0.2, 0) is 13.1 Å². The molecule has 0 fully saturated rings. The summed E-state index contributed by atoms with van der Waals surface area (Å²) in [4.78, 5) is 0. The first-order valence-corrected chi connectivity index (χ1v) is 7.00. The zero-order valence-electron chi connectivity index (χ0n) is 10.8. The SMILES string of the molecule is CCCn1nccc1CNc1cc(C)ccc1Br. The molecule has 0 saturated carbocycles. The first-order valence-electron chi connectivity index (χ1n) is 6.21. The minimum absolute atomic E-state index is 0.794. The van der Waals surface area contributed by atoms with Crippen LogP contribution in [0, 0.1) is 6.92 Å². The van der Waals surface area contributed by atoms with Crippen molar-refractivity contribution in [3.8, 4) is 0 Å².